The van der Waals surface area contributed by atoms with Gasteiger partial charge in [-0.2, -0.15) is 0 Å². The van der Waals surface area contributed by atoms with E-state index in [9.17, 15) is 0 Å². The summed E-state index contributed by atoms with van der Waals surface area (Å²) in [4.78, 5) is 9.86. The fourth-order valence-corrected chi connectivity index (χ4v) is 51.7. The molecule has 0 N–H and O–H groups in total. The Balaban J connectivity index is 0.00000249. The van der Waals surface area contributed by atoms with Gasteiger partial charge in [-0.15, -0.1) is 24.8 Å². The van der Waals surface area contributed by atoms with Gasteiger partial charge in [0.15, 0.2) is 0 Å². The molecule has 2 nitrogen and oxygen atoms in total. The number of fused-ring (bicyclic) bond motifs is 2. The minimum absolute atomic E-state index is 0. The van der Waals surface area contributed by atoms with Crippen LogP contribution in [0.1, 0.15) is 94.1 Å². The largest absolute Gasteiger partial charge is 0.147 e. The van der Waals surface area contributed by atoms with Gasteiger partial charge in [0.1, 0.15) is 0 Å². The Morgan fingerprint density at radius 2 is 0.889 bits per heavy atom. The van der Waals surface area contributed by atoms with E-state index in [0.717, 1.165) is 11.4 Å². The zero-order valence-corrected chi connectivity index (χ0v) is 38.7. The van der Waals surface area contributed by atoms with Crippen LogP contribution >= 0.6 is 24.8 Å². The maximum Gasteiger partial charge on any atom is -0.147 e. The molecular weight excluding hydrogens is 882 g/mol. The molecule has 0 saturated carbocycles. The van der Waals surface area contributed by atoms with Crippen molar-refractivity contribution < 1.29 is 17.1 Å². The van der Waals surface area contributed by atoms with E-state index in [4.69, 9.17) is 9.97 Å². The molecule has 0 bridgehead atoms. The van der Waals surface area contributed by atoms with Crippen molar-refractivity contribution in [1.82, 2.24) is 9.97 Å². The molecule has 2 aliphatic carbocycles. The molecule has 0 spiro atoms. The molecule has 4 aromatic carbocycles. The maximum absolute atomic E-state index is 4.99. The zero-order chi connectivity index (χ0) is 36.2. The Kier molecular flexibility index (Phi) is 11.5. The summed E-state index contributed by atoms with van der Waals surface area (Å²) in [5, 5.41) is 0. The molecule has 274 valence electrons. The molecule has 0 fully saturated rings. The smallest absolute Gasteiger partial charge is 0.147 e. The van der Waals surface area contributed by atoms with Crippen molar-refractivity contribution >= 4 is 50.5 Å². The van der Waals surface area contributed by atoms with Crippen molar-refractivity contribution in [2.75, 3.05) is 0 Å². The Hall–Kier alpha value is -3.67. The first-order chi connectivity index (χ1) is 25.1. The summed E-state index contributed by atoms with van der Waals surface area (Å²) in [6, 6.07) is 46.1. The first-order valence-corrected chi connectivity index (χ1v) is 34.9. The van der Waals surface area contributed by atoms with Crippen LogP contribution in [-0.4, -0.2) is 16.9 Å². The molecule has 2 aromatic heterocycles. The maximum atomic E-state index is 4.93. The predicted molar refractivity (Wildman–Crippen MR) is 235 cm³/mol. The topological polar surface area (TPSA) is 25.8 Å². The SMILES string of the molecule is CC1=Cc2c(-c3ccccn3)cc(C(C)C)cc2[CH]1[Hf](=[SiH2])([c]1ccccc1)([c]1ccccc1)[CH]1C(C)=Cc2c(-c3ccccn3)cc(C(C)C)cc21.Cl.Cl. The third kappa shape index (κ3) is 6.18. The Morgan fingerprint density at radius 1 is 0.519 bits per heavy atom. The number of aromatic nitrogens is 2. The monoisotopic (exact) mass is 932 g/mol. The van der Waals surface area contributed by atoms with Gasteiger partial charge in [0.2, 0.25) is 0 Å². The van der Waals surface area contributed by atoms with Crippen molar-refractivity contribution in [3.8, 4) is 22.5 Å². The van der Waals surface area contributed by atoms with Crippen LogP contribution in [0, 0.1) is 0 Å². The van der Waals surface area contributed by atoms with Crippen LogP contribution < -0.4 is 6.64 Å². The van der Waals surface area contributed by atoms with Gasteiger partial charge in [-0.05, 0) is 0 Å². The molecule has 0 saturated heterocycles. The van der Waals surface area contributed by atoms with Crippen LogP contribution in [0.4, 0.5) is 0 Å². The van der Waals surface area contributed by atoms with Gasteiger partial charge in [-0.3, -0.25) is 0 Å². The van der Waals surface area contributed by atoms with Crippen molar-refractivity contribution in [1.29, 1.82) is 0 Å². The average Bonchev–Trinajstić information content (AvgIpc) is 3.71. The summed E-state index contributed by atoms with van der Waals surface area (Å²) < 4.78 is 3.58. The Labute approximate surface area is 336 Å². The number of halogens is 2. The van der Waals surface area contributed by atoms with E-state index in [1.165, 1.54) is 55.7 Å². The van der Waals surface area contributed by atoms with Gasteiger partial charge in [-0.25, -0.2) is 0 Å². The summed E-state index contributed by atoms with van der Waals surface area (Å²) in [7, 11) is 0. The standard InChI is InChI=1S/2C18H18N.2C6H5.2ClH.Hf.H2Si/c2*1-12(2)14-10-15-8-13(3)9-16(15)17(11-14)18-6-4-5-7-19-18;2*1-2-4-6-5-3-1;;;;/h2*4-12H,1-3H3;2*1-5H;2*1H;;1H2. The van der Waals surface area contributed by atoms with Gasteiger partial charge in [0, 0.05) is 0 Å². The van der Waals surface area contributed by atoms with E-state index in [1.807, 2.05) is 24.5 Å². The van der Waals surface area contributed by atoms with Crippen LogP contribution in [0.5, 0.6) is 0 Å². The van der Waals surface area contributed by atoms with Crippen LogP contribution in [0.25, 0.3) is 34.7 Å². The third-order valence-electron chi connectivity index (χ3n) is 12.2. The molecule has 54 heavy (non-hydrogen) atoms. The van der Waals surface area contributed by atoms with Crippen molar-refractivity contribution in [3.63, 3.8) is 0 Å². The molecule has 2 heterocycles. The number of pyridine rings is 2. The summed E-state index contributed by atoms with van der Waals surface area (Å²) in [5.74, 6) is 0.763. The second kappa shape index (κ2) is 15.5. The van der Waals surface area contributed by atoms with Gasteiger partial charge in [-0.1, -0.05) is 0 Å². The molecule has 0 radical (unpaired) electrons. The fourth-order valence-electron chi connectivity index (χ4n) is 9.86. The first kappa shape index (κ1) is 40.0. The van der Waals surface area contributed by atoms with Gasteiger partial charge >= 0.3 is 314 Å². The van der Waals surface area contributed by atoms with E-state index >= 15 is 0 Å². The Bertz CT molecular complexity index is 2270. The van der Waals surface area contributed by atoms with Gasteiger partial charge < -0.3 is 0 Å². The van der Waals surface area contributed by atoms with E-state index < -0.39 is 17.1 Å². The minimum Gasteiger partial charge on any atom is -0.147 e. The fraction of sp³-hybridized carbons (Fsp3) is 0.208. The molecule has 2 unspecified atom stereocenters. The van der Waals surface area contributed by atoms with Gasteiger partial charge in [0.05, 0.1) is 0 Å². The van der Waals surface area contributed by atoms with Crippen LogP contribution in [0.15, 0.2) is 145 Å². The first-order valence-electron chi connectivity index (χ1n) is 18.8. The molecule has 0 aliphatic heterocycles. The molecule has 6 heteroatoms. The second-order valence-corrected chi connectivity index (χ2v) is 48.4. The van der Waals surface area contributed by atoms with Crippen molar-refractivity contribution in [2.24, 2.45) is 0 Å². The Morgan fingerprint density at radius 3 is 1.22 bits per heavy atom. The van der Waals surface area contributed by atoms with Crippen LogP contribution in [0.3, 0.4) is 0 Å². The van der Waals surface area contributed by atoms with Crippen LogP contribution in [0.2, 0.25) is 0 Å². The quantitative estimate of drug-likeness (QED) is 0.142. The average molecular weight is 932 g/mol. The molecule has 0 amide bonds. The molecule has 8 rings (SSSR count). The predicted octanol–water partition coefficient (Wildman–Crippen LogP) is 11.4. The van der Waals surface area contributed by atoms with Gasteiger partial charge in [0.25, 0.3) is 0 Å². The summed E-state index contributed by atoms with van der Waals surface area (Å²) in [6.07, 6.45) is 8.93. The second-order valence-electron chi connectivity index (χ2n) is 15.9. The minimum atomic E-state index is -4.99. The number of rotatable bonds is 8. The summed E-state index contributed by atoms with van der Waals surface area (Å²) in [5.41, 5.74) is 15.9. The van der Waals surface area contributed by atoms with E-state index in [2.05, 4.69) is 170 Å². The molecule has 2 aliphatic rings. The molecule has 2 atom stereocenters. The van der Waals surface area contributed by atoms with Crippen molar-refractivity contribution in [2.45, 2.75) is 60.7 Å². The molecule has 6 aromatic rings. The third-order valence-corrected chi connectivity index (χ3v) is 52.7. The number of hydrogen-bond acceptors (Lipinski definition) is 2. The van der Waals surface area contributed by atoms with Crippen molar-refractivity contribution in [3.05, 3.63) is 178 Å². The molecular formula is C48H50Cl2HfN2Si. The number of allylic oxidation sites excluding steroid dienone is 2. The van der Waals surface area contributed by atoms with E-state index in [-0.39, 0.29) is 32.2 Å². The summed E-state index contributed by atoms with van der Waals surface area (Å²) >= 11 is -4.99. The zero-order valence-electron chi connectivity index (χ0n) is 32.1. The summed E-state index contributed by atoms with van der Waals surface area (Å²) in [6.45, 7) is 16.6. The van der Waals surface area contributed by atoms with Crippen LogP contribution in [-0.2, 0) is 17.1 Å². The number of nitrogens with zero attached hydrogens (tertiary/aromatic N) is 2. The van der Waals surface area contributed by atoms with E-state index in [1.54, 1.807) is 6.64 Å². The number of hydrogen-bond donors (Lipinski definition) is 0. The normalized spacial score (nSPS) is 16.2. The van der Waals surface area contributed by atoms with E-state index in [0.29, 0.717) is 11.8 Å². The number of benzene rings is 4.